The molecule has 0 aromatic heterocycles. The number of hydrogen-bond donors (Lipinski definition) is 0. The number of para-hydroxylation sites is 5. The highest BCUT2D eigenvalue weighted by Crippen LogP contribution is 2.50. The Labute approximate surface area is 246 Å². The molecule has 0 bridgehead atoms. The number of rotatable bonds is 5. The van der Waals surface area contributed by atoms with Crippen LogP contribution in [0.3, 0.4) is 0 Å². The maximum atomic E-state index is 5.98. The fourth-order valence-electron chi connectivity index (χ4n) is 6.21. The Balaban J connectivity index is 1.26. The minimum Gasteiger partial charge on any atom is -0.471 e. The third-order valence-corrected chi connectivity index (χ3v) is 8.18. The summed E-state index contributed by atoms with van der Waals surface area (Å²) in [5.74, 6) is 0.923. The lowest BCUT2D eigenvalue weighted by Gasteiger charge is -2.27. The van der Waals surface area contributed by atoms with E-state index in [4.69, 9.17) is 4.74 Å². The van der Waals surface area contributed by atoms with Gasteiger partial charge in [0.1, 0.15) is 12.4 Å². The topological polar surface area (TPSA) is 19.0 Å². The third kappa shape index (κ3) is 4.08. The molecule has 0 N–H and O–H groups in total. The van der Waals surface area contributed by atoms with Gasteiger partial charge >= 0.3 is 0 Å². The average Bonchev–Trinajstić information content (AvgIpc) is 3.68. The Morgan fingerprint density at radius 2 is 0.952 bits per heavy atom. The molecule has 0 spiro atoms. The second-order valence-electron chi connectivity index (χ2n) is 10.6. The van der Waals surface area contributed by atoms with Crippen LogP contribution in [0.15, 0.2) is 152 Å². The van der Waals surface area contributed by atoms with Crippen LogP contribution in [-0.4, -0.2) is 13.4 Å². The van der Waals surface area contributed by atoms with Crippen LogP contribution in [0.5, 0.6) is 5.75 Å². The molecule has 0 unspecified atom stereocenters. The van der Waals surface area contributed by atoms with E-state index < -0.39 is 0 Å². The summed E-state index contributed by atoms with van der Waals surface area (Å²) in [4.78, 5) is 7.12. The standard InChI is InChI=1S/C38H29N3O/c1-3-13-28(14-4-1)32-19-12-20-33(29-15-5-2-6-16-29)38(32)40-26-39(34-21-7-8-22-35(34)40)30-17-11-18-31(25-30)41-27-42-37-24-10-9-23-36(37)41/h1-25H,26-27H2. The van der Waals surface area contributed by atoms with Crippen molar-refractivity contribution >= 4 is 34.1 Å². The molecule has 6 aromatic carbocycles. The Morgan fingerprint density at radius 3 is 1.62 bits per heavy atom. The van der Waals surface area contributed by atoms with Gasteiger partial charge in [-0.05, 0) is 53.6 Å². The fraction of sp³-hybridized carbons (Fsp3) is 0.0526. The van der Waals surface area contributed by atoms with Gasteiger partial charge in [-0.2, -0.15) is 0 Å². The minimum atomic E-state index is 0.510. The Kier molecular flexibility index (Phi) is 5.89. The normalized spacial score (nSPS) is 13.6. The Bertz CT molecular complexity index is 1830. The predicted molar refractivity (Wildman–Crippen MR) is 173 cm³/mol. The molecule has 0 atom stereocenters. The lowest BCUT2D eigenvalue weighted by Crippen LogP contribution is -2.25. The first-order valence-electron chi connectivity index (χ1n) is 14.3. The van der Waals surface area contributed by atoms with E-state index in [1.165, 1.54) is 39.3 Å². The molecule has 0 fully saturated rings. The van der Waals surface area contributed by atoms with Crippen LogP contribution in [-0.2, 0) is 0 Å². The van der Waals surface area contributed by atoms with Crippen molar-refractivity contribution in [3.05, 3.63) is 152 Å². The maximum absolute atomic E-state index is 5.98. The van der Waals surface area contributed by atoms with Crippen molar-refractivity contribution in [2.45, 2.75) is 0 Å². The smallest absolute Gasteiger partial charge is 0.165 e. The average molecular weight is 544 g/mol. The predicted octanol–water partition coefficient (Wildman–Crippen LogP) is 9.76. The maximum Gasteiger partial charge on any atom is 0.165 e. The molecular weight excluding hydrogens is 514 g/mol. The van der Waals surface area contributed by atoms with E-state index in [0.717, 1.165) is 22.8 Å². The number of benzene rings is 6. The third-order valence-electron chi connectivity index (χ3n) is 8.18. The molecule has 4 heteroatoms. The summed E-state index contributed by atoms with van der Waals surface area (Å²) < 4.78 is 5.98. The van der Waals surface area contributed by atoms with Crippen molar-refractivity contribution in [2.75, 3.05) is 28.1 Å². The van der Waals surface area contributed by atoms with Crippen LogP contribution < -0.4 is 19.4 Å². The first-order chi connectivity index (χ1) is 20.8. The van der Waals surface area contributed by atoms with E-state index in [0.29, 0.717) is 13.4 Å². The summed E-state index contributed by atoms with van der Waals surface area (Å²) >= 11 is 0. The Morgan fingerprint density at radius 1 is 0.429 bits per heavy atom. The zero-order valence-corrected chi connectivity index (χ0v) is 23.1. The molecular formula is C38H29N3O. The van der Waals surface area contributed by atoms with Gasteiger partial charge in [0.05, 0.1) is 22.7 Å². The number of fused-ring (bicyclic) bond motifs is 2. The van der Waals surface area contributed by atoms with Crippen LogP contribution >= 0.6 is 0 Å². The minimum absolute atomic E-state index is 0.510. The lowest BCUT2D eigenvalue weighted by molar-refractivity contribution is 0.357. The van der Waals surface area contributed by atoms with Crippen molar-refractivity contribution in [1.29, 1.82) is 0 Å². The van der Waals surface area contributed by atoms with Gasteiger partial charge < -0.3 is 19.4 Å². The molecule has 2 aliphatic rings. The van der Waals surface area contributed by atoms with E-state index in [-0.39, 0.29) is 0 Å². The van der Waals surface area contributed by atoms with E-state index in [9.17, 15) is 0 Å². The molecule has 0 aliphatic carbocycles. The summed E-state index contributed by atoms with van der Waals surface area (Å²) in [6.45, 7) is 1.20. The summed E-state index contributed by atoms with van der Waals surface area (Å²) in [5, 5.41) is 0. The van der Waals surface area contributed by atoms with Gasteiger partial charge in [0.2, 0.25) is 0 Å². The molecule has 0 saturated carbocycles. The van der Waals surface area contributed by atoms with Crippen LogP contribution in [0.1, 0.15) is 0 Å². The first-order valence-corrected chi connectivity index (χ1v) is 14.3. The van der Waals surface area contributed by atoms with E-state index in [1.807, 2.05) is 12.1 Å². The van der Waals surface area contributed by atoms with Gasteiger partial charge in [0, 0.05) is 22.5 Å². The highest BCUT2D eigenvalue weighted by molar-refractivity contribution is 5.98. The van der Waals surface area contributed by atoms with E-state index >= 15 is 0 Å². The number of anilines is 6. The van der Waals surface area contributed by atoms with Gasteiger partial charge in [0.15, 0.2) is 6.73 Å². The zero-order chi connectivity index (χ0) is 27.9. The molecule has 0 radical (unpaired) electrons. The molecule has 2 aliphatic heterocycles. The Hall–Kier alpha value is -5.48. The molecule has 0 saturated heterocycles. The quantitative estimate of drug-likeness (QED) is 0.215. The monoisotopic (exact) mass is 543 g/mol. The second kappa shape index (κ2) is 10.2. The molecule has 6 aromatic rings. The first kappa shape index (κ1) is 24.3. The highest BCUT2D eigenvalue weighted by Gasteiger charge is 2.31. The van der Waals surface area contributed by atoms with E-state index in [1.54, 1.807) is 0 Å². The second-order valence-corrected chi connectivity index (χ2v) is 10.6. The van der Waals surface area contributed by atoms with Crippen molar-refractivity contribution in [3.8, 4) is 28.0 Å². The molecule has 8 rings (SSSR count). The van der Waals surface area contributed by atoms with Crippen molar-refractivity contribution in [2.24, 2.45) is 0 Å². The van der Waals surface area contributed by atoms with Gasteiger partial charge in [-0.1, -0.05) is 109 Å². The number of ether oxygens (including phenoxy) is 1. The van der Waals surface area contributed by atoms with Crippen LogP contribution in [0.4, 0.5) is 34.1 Å². The van der Waals surface area contributed by atoms with Gasteiger partial charge in [-0.3, -0.25) is 0 Å². The summed E-state index contributed by atoms with van der Waals surface area (Å²) in [5.41, 5.74) is 11.8. The SMILES string of the molecule is c1ccc(-c2cccc(-c3ccccc3)c2N2CN(c3cccc(N4COc5ccccc54)c3)c3ccccc32)cc1. The van der Waals surface area contributed by atoms with Crippen LogP contribution in [0.2, 0.25) is 0 Å². The zero-order valence-electron chi connectivity index (χ0n) is 23.1. The number of hydrogen-bond acceptors (Lipinski definition) is 4. The largest absolute Gasteiger partial charge is 0.471 e. The van der Waals surface area contributed by atoms with E-state index in [2.05, 4.69) is 154 Å². The number of nitrogens with zero attached hydrogens (tertiary/aromatic N) is 3. The van der Waals surface area contributed by atoms with Gasteiger partial charge in [-0.25, -0.2) is 0 Å². The summed E-state index contributed by atoms with van der Waals surface area (Å²) in [7, 11) is 0. The van der Waals surface area contributed by atoms with Crippen molar-refractivity contribution < 1.29 is 4.74 Å². The molecule has 4 nitrogen and oxygen atoms in total. The fourth-order valence-corrected chi connectivity index (χ4v) is 6.21. The molecule has 2 heterocycles. The van der Waals surface area contributed by atoms with Crippen molar-refractivity contribution in [3.63, 3.8) is 0 Å². The summed E-state index contributed by atoms with van der Waals surface area (Å²) in [6, 6.07) is 53.8. The molecule has 0 amide bonds. The van der Waals surface area contributed by atoms with Crippen molar-refractivity contribution in [1.82, 2.24) is 0 Å². The molecule has 202 valence electrons. The summed E-state index contributed by atoms with van der Waals surface area (Å²) in [6.07, 6.45) is 0. The van der Waals surface area contributed by atoms with Gasteiger partial charge in [-0.15, -0.1) is 0 Å². The molecule has 42 heavy (non-hydrogen) atoms. The lowest BCUT2D eigenvalue weighted by atomic mass is 9.95. The van der Waals surface area contributed by atoms with Crippen LogP contribution in [0.25, 0.3) is 22.3 Å². The van der Waals surface area contributed by atoms with Gasteiger partial charge in [0.25, 0.3) is 0 Å². The van der Waals surface area contributed by atoms with Crippen LogP contribution in [0, 0.1) is 0 Å². The highest BCUT2D eigenvalue weighted by atomic mass is 16.5.